The Morgan fingerprint density at radius 1 is 1.46 bits per heavy atom. The Labute approximate surface area is 147 Å². The van der Waals surface area contributed by atoms with Crippen LogP contribution in [0.15, 0.2) is 11.6 Å². The molecule has 3 heteroatoms. The van der Waals surface area contributed by atoms with E-state index in [0.717, 1.165) is 19.3 Å². The van der Waals surface area contributed by atoms with Crippen molar-refractivity contribution in [1.29, 1.82) is 0 Å². The highest BCUT2D eigenvalue weighted by atomic mass is 16.5. The largest absolute Gasteiger partial charge is 0.481 e. The van der Waals surface area contributed by atoms with Crippen LogP contribution in [0.3, 0.4) is 0 Å². The van der Waals surface area contributed by atoms with Crippen LogP contribution in [-0.4, -0.2) is 24.3 Å². The smallest absolute Gasteiger partial charge is 0.303 e. The highest BCUT2D eigenvalue weighted by Gasteiger charge is 2.54. The molecular formula is C21H36O3. The molecule has 0 aromatic carbocycles. The van der Waals surface area contributed by atoms with Crippen molar-refractivity contribution in [3.63, 3.8) is 0 Å². The van der Waals surface area contributed by atoms with E-state index in [4.69, 9.17) is 9.84 Å². The molecule has 0 aliphatic heterocycles. The number of carbonyl (C=O) groups is 1. The van der Waals surface area contributed by atoms with Crippen molar-refractivity contribution < 1.29 is 14.6 Å². The topological polar surface area (TPSA) is 46.5 Å². The number of aliphatic carboxylic acids is 1. The quantitative estimate of drug-likeness (QED) is 0.669. The summed E-state index contributed by atoms with van der Waals surface area (Å²) in [7, 11) is 1.82. The van der Waals surface area contributed by atoms with Gasteiger partial charge in [-0.05, 0) is 67.6 Å². The normalized spacial score (nSPS) is 40.6. The SMILES string of the molecule is CO[C@H]1C=C(C)[C@]2(C)CC[C@@H](C)[C@](C)(CCC(C)CC(=O)O)[C@H]2C1. The van der Waals surface area contributed by atoms with Gasteiger partial charge in [-0.25, -0.2) is 0 Å². The van der Waals surface area contributed by atoms with Crippen LogP contribution in [0.2, 0.25) is 0 Å². The first-order valence-corrected chi connectivity index (χ1v) is 9.57. The van der Waals surface area contributed by atoms with Gasteiger partial charge < -0.3 is 9.84 Å². The number of rotatable bonds is 6. The summed E-state index contributed by atoms with van der Waals surface area (Å²) in [6.07, 6.45) is 8.58. The second-order valence-electron chi connectivity index (χ2n) is 9.02. The highest BCUT2D eigenvalue weighted by molar-refractivity contribution is 5.66. The van der Waals surface area contributed by atoms with Gasteiger partial charge in [-0.1, -0.05) is 39.3 Å². The summed E-state index contributed by atoms with van der Waals surface area (Å²) >= 11 is 0. The maximum absolute atomic E-state index is 11.0. The minimum atomic E-state index is -0.676. The van der Waals surface area contributed by atoms with Crippen molar-refractivity contribution in [1.82, 2.24) is 0 Å². The van der Waals surface area contributed by atoms with E-state index in [-0.39, 0.29) is 29.3 Å². The lowest BCUT2D eigenvalue weighted by Crippen LogP contribution is -2.51. The molecule has 6 atom stereocenters. The lowest BCUT2D eigenvalue weighted by molar-refractivity contribution is -0.138. The number of ether oxygens (including phenoxy) is 1. The molecule has 24 heavy (non-hydrogen) atoms. The molecule has 0 spiro atoms. The summed E-state index contributed by atoms with van der Waals surface area (Å²) < 4.78 is 5.71. The summed E-state index contributed by atoms with van der Waals surface area (Å²) in [5, 5.41) is 9.04. The number of carboxylic acids is 1. The first-order valence-electron chi connectivity index (χ1n) is 9.57. The van der Waals surface area contributed by atoms with Gasteiger partial charge in [0, 0.05) is 13.5 Å². The molecule has 2 aliphatic rings. The number of methoxy groups -OCH3 is 1. The van der Waals surface area contributed by atoms with Gasteiger partial charge in [-0.15, -0.1) is 0 Å². The summed E-state index contributed by atoms with van der Waals surface area (Å²) in [4.78, 5) is 11.0. The Balaban J connectivity index is 2.22. The minimum absolute atomic E-state index is 0.226. The van der Waals surface area contributed by atoms with Gasteiger partial charge in [-0.2, -0.15) is 0 Å². The van der Waals surface area contributed by atoms with Crippen molar-refractivity contribution in [2.24, 2.45) is 28.6 Å². The van der Waals surface area contributed by atoms with Crippen LogP contribution in [0.25, 0.3) is 0 Å². The molecule has 0 heterocycles. The molecule has 0 radical (unpaired) electrons. The molecule has 2 aliphatic carbocycles. The van der Waals surface area contributed by atoms with E-state index in [1.807, 2.05) is 7.11 Å². The molecule has 0 aromatic heterocycles. The molecule has 0 bridgehead atoms. The van der Waals surface area contributed by atoms with Gasteiger partial charge in [0.25, 0.3) is 0 Å². The fourth-order valence-electron chi connectivity index (χ4n) is 5.40. The third-order valence-electron chi connectivity index (χ3n) is 7.59. The number of fused-ring (bicyclic) bond motifs is 1. The second kappa shape index (κ2) is 7.19. The third kappa shape index (κ3) is 3.56. The van der Waals surface area contributed by atoms with Gasteiger partial charge in [0.15, 0.2) is 0 Å². The maximum atomic E-state index is 11.0. The van der Waals surface area contributed by atoms with E-state index in [1.54, 1.807) is 0 Å². The van der Waals surface area contributed by atoms with Gasteiger partial charge >= 0.3 is 5.97 Å². The van der Waals surface area contributed by atoms with E-state index in [9.17, 15) is 4.79 Å². The van der Waals surface area contributed by atoms with E-state index in [1.165, 1.54) is 18.4 Å². The molecule has 1 N–H and O–H groups in total. The average molecular weight is 337 g/mol. The summed E-state index contributed by atoms with van der Waals surface area (Å²) in [5.74, 6) is 0.861. The summed E-state index contributed by atoms with van der Waals surface area (Å²) in [6, 6.07) is 0. The van der Waals surface area contributed by atoms with Crippen molar-refractivity contribution in [2.75, 3.05) is 7.11 Å². The van der Waals surface area contributed by atoms with E-state index in [0.29, 0.717) is 11.8 Å². The molecule has 138 valence electrons. The van der Waals surface area contributed by atoms with Crippen molar-refractivity contribution in [2.45, 2.75) is 79.2 Å². The minimum Gasteiger partial charge on any atom is -0.481 e. The fourth-order valence-corrected chi connectivity index (χ4v) is 5.40. The maximum Gasteiger partial charge on any atom is 0.303 e. The van der Waals surface area contributed by atoms with Crippen LogP contribution in [0.1, 0.15) is 73.1 Å². The number of carboxylic acid groups (broad SMARTS) is 1. The van der Waals surface area contributed by atoms with E-state index in [2.05, 4.69) is 40.7 Å². The molecule has 1 saturated carbocycles. The Morgan fingerprint density at radius 2 is 2.12 bits per heavy atom. The first kappa shape index (κ1) is 19.5. The summed E-state index contributed by atoms with van der Waals surface area (Å²) in [6.45, 7) is 11.7. The Kier molecular flexibility index (Phi) is 5.84. The predicted molar refractivity (Wildman–Crippen MR) is 97.9 cm³/mol. The van der Waals surface area contributed by atoms with Gasteiger partial charge in [0.2, 0.25) is 0 Å². The predicted octanol–water partition coefficient (Wildman–Crippen LogP) is 5.30. The lowest BCUT2D eigenvalue weighted by Gasteiger charge is -2.59. The van der Waals surface area contributed by atoms with E-state index < -0.39 is 5.97 Å². The Bertz CT molecular complexity index is 497. The van der Waals surface area contributed by atoms with Crippen LogP contribution >= 0.6 is 0 Å². The van der Waals surface area contributed by atoms with Crippen LogP contribution in [0.5, 0.6) is 0 Å². The van der Waals surface area contributed by atoms with Crippen molar-refractivity contribution in [3.05, 3.63) is 11.6 Å². The zero-order valence-corrected chi connectivity index (χ0v) is 16.4. The van der Waals surface area contributed by atoms with E-state index >= 15 is 0 Å². The van der Waals surface area contributed by atoms with Crippen molar-refractivity contribution >= 4 is 5.97 Å². The van der Waals surface area contributed by atoms with Crippen LogP contribution in [0.4, 0.5) is 0 Å². The first-order chi connectivity index (χ1) is 11.1. The Morgan fingerprint density at radius 3 is 2.71 bits per heavy atom. The van der Waals surface area contributed by atoms with Crippen molar-refractivity contribution in [3.8, 4) is 0 Å². The standard InChI is InChI=1S/C21H36O3/c1-14(11-19(22)23)7-9-20(4)15(2)8-10-21(5)16(3)12-17(24-6)13-18(20)21/h12,14-15,17-18H,7-11,13H2,1-6H3,(H,22,23)/t14?,15-,17+,18-,20+,21+/m1/s1. The molecule has 0 amide bonds. The highest BCUT2D eigenvalue weighted by Crippen LogP contribution is 2.62. The second-order valence-corrected chi connectivity index (χ2v) is 9.02. The zero-order chi connectivity index (χ0) is 18.1. The van der Waals surface area contributed by atoms with Crippen LogP contribution < -0.4 is 0 Å². The lowest BCUT2D eigenvalue weighted by atomic mass is 9.46. The van der Waals surface area contributed by atoms with Crippen LogP contribution in [-0.2, 0) is 9.53 Å². The van der Waals surface area contributed by atoms with Gasteiger partial charge in [-0.3, -0.25) is 4.79 Å². The molecule has 2 rings (SSSR count). The summed E-state index contributed by atoms with van der Waals surface area (Å²) in [5.41, 5.74) is 2.01. The van der Waals surface area contributed by atoms with Gasteiger partial charge in [0.1, 0.15) is 0 Å². The fraction of sp³-hybridized carbons (Fsp3) is 0.857. The molecule has 1 unspecified atom stereocenters. The number of allylic oxidation sites excluding steroid dienone is 1. The molecule has 3 nitrogen and oxygen atoms in total. The average Bonchev–Trinajstić information content (AvgIpc) is 2.51. The van der Waals surface area contributed by atoms with Gasteiger partial charge in [0.05, 0.1) is 6.10 Å². The number of hydrogen-bond donors (Lipinski definition) is 1. The molecule has 1 fully saturated rings. The van der Waals surface area contributed by atoms with Crippen LogP contribution in [0, 0.1) is 28.6 Å². The molecule has 0 aromatic rings. The number of hydrogen-bond acceptors (Lipinski definition) is 2. The zero-order valence-electron chi connectivity index (χ0n) is 16.4. The third-order valence-corrected chi connectivity index (χ3v) is 7.59. The monoisotopic (exact) mass is 336 g/mol. The molecular weight excluding hydrogens is 300 g/mol. The molecule has 0 saturated heterocycles. The Hall–Kier alpha value is -0.830.